The fourth-order valence-corrected chi connectivity index (χ4v) is 11.0. The monoisotopic (exact) mass is 787 g/mol. The molecule has 11 aromatic rings. The molecule has 0 N–H and O–H groups in total. The van der Waals surface area contributed by atoms with Crippen molar-refractivity contribution in [1.29, 1.82) is 0 Å². The van der Waals surface area contributed by atoms with Gasteiger partial charge in [0.05, 0.1) is 52.6 Å². The summed E-state index contributed by atoms with van der Waals surface area (Å²) in [6.07, 6.45) is 1.96. The Morgan fingerprint density at radius 2 is 0.864 bits per heavy atom. The molecule has 7 heteroatoms. The van der Waals surface area contributed by atoms with E-state index in [2.05, 4.69) is 178 Å². The minimum absolute atomic E-state index is 0.461. The van der Waals surface area contributed by atoms with Gasteiger partial charge in [-0.2, -0.15) is 4.89 Å². The molecular weight excluding hydrogens is 744 g/mol. The SMILES string of the molecule is CC.CCOO[P+](C)(c1ccccc1)c1ccc(-n2c3ccc(-n4c5ccccc5c5ccccc54)cc3c3cc(-n4c5ccccc5c5ccccc54)ccc32)nc1. The normalized spacial score (nSPS) is 12.7. The highest BCUT2D eigenvalue weighted by Gasteiger charge is 2.42. The molecule has 0 saturated heterocycles. The van der Waals surface area contributed by atoms with E-state index in [9.17, 15) is 0 Å². The first kappa shape index (κ1) is 36.8. The number of pyridine rings is 1. The summed E-state index contributed by atoms with van der Waals surface area (Å²) < 4.78 is 13.3. The predicted octanol–water partition coefficient (Wildman–Crippen LogP) is 12.9. The minimum Gasteiger partial charge on any atom is -0.309 e. The van der Waals surface area contributed by atoms with E-state index < -0.39 is 7.49 Å². The molecule has 0 spiro atoms. The zero-order valence-electron chi connectivity index (χ0n) is 33.6. The van der Waals surface area contributed by atoms with Crippen molar-refractivity contribution in [2.75, 3.05) is 13.3 Å². The van der Waals surface area contributed by atoms with E-state index in [4.69, 9.17) is 14.5 Å². The summed E-state index contributed by atoms with van der Waals surface area (Å²) >= 11 is 0. The van der Waals surface area contributed by atoms with Crippen LogP contribution >= 0.6 is 7.49 Å². The molecule has 4 aromatic heterocycles. The van der Waals surface area contributed by atoms with E-state index in [0.29, 0.717) is 6.61 Å². The van der Waals surface area contributed by atoms with Gasteiger partial charge in [-0.05, 0) is 91.9 Å². The average Bonchev–Trinajstić information content (AvgIpc) is 3.94. The lowest BCUT2D eigenvalue weighted by Crippen LogP contribution is -2.24. The van der Waals surface area contributed by atoms with Crippen LogP contribution in [0.4, 0.5) is 0 Å². The van der Waals surface area contributed by atoms with E-state index in [1.165, 1.54) is 43.6 Å². The van der Waals surface area contributed by atoms with Crippen molar-refractivity contribution in [3.8, 4) is 17.2 Å². The molecule has 0 fully saturated rings. The van der Waals surface area contributed by atoms with Crippen molar-refractivity contribution in [3.05, 3.63) is 182 Å². The summed E-state index contributed by atoms with van der Waals surface area (Å²) in [4.78, 5) is 10.8. The summed E-state index contributed by atoms with van der Waals surface area (Å²) in [6.45, 7) is 8.54. The number of nitrogens with zero attached hydrogens (tertiary/aromatic N) is 4. The molecule has 1 atom stereocenters. The van der Waals surface area contributed by atoms with Crippen molar-refractivity contribution in [2.24, 2.45) is 0 Å². The van der Waals surface area contributed by atoms with Gasteiger partial charge in [-0.3, -0.25) is 4.57 Å². The molecular formula is C52H44N4O2P+. The topological polar surface area (TPSA) is 46.1 Å². The van der Waals surface area contributed by atoms with Crippen molar-refractivity contribution < 1.29 is 9.56 Å². The van der Waals surface area contributed by atoms with E-state index >= 15 is 0 Å². The van der Waals surface area contributed by atoms with Crippen LogP contribution in [-0.4, -0.2) is 32.0 Å². The molecule has 11 rings (SSSR count). The Hall–Kier alpha value is -6.56. The molecule has 1 unspecified atom stereocenters. The number of benzene rings is 7. The van der Waals surface area contributed by atoms with Crippen LogP contribution in [0, 0.1) is 0 Å². The number of aromatic nitrogens is 4. The Kier molecular flexibility index (Phi) is 9.34. The molecule has 0 amide bonds. The summed E-state index contributed by atoms with van der Waals surface area (Å²) in [5.41, 5.74) is 9.13. The largest absolute Gasteiger partial charge is 0.309 e. The van der Waals surface area contributed by atoms with Crippen LogP contribution in [0.5, 0.6) is 0 Å². The maximum atomic E-state index is 6.20. The Morgan fingerprint density at radius 1 is 0.441 bits per heavy atom. The molecule has 0 aliphatic rings. The van der Waals surface area contributed by atoms with Crippen LogP contribution < -0.4 is 10.6 Å². The van der Waals surface area contributed by atoms with Crippen LogP contribution in [0.3, 0.4) is 0 Å². The molecule has 0 bridgehead atoms. The van der Waals surface area contributed by atoms with Gasteiger partial charge in [0.25, 0.3) is 0 Å². The average molecular weight is 788 g/mol. The van der Waals surface area contributed by atoms with Gasteiger partial charge in [0.2, 0.25) is 7.49 Å². The highest BCUT2D eigenvalue weighted by atomic mass is 31.2. The molecule has 0 aliphatic heterocycles. The Balaban J connectivity index is 0.00000207. The maximum absolute atomic E-state index is 6.20. The molecule has 4 heterocycles. The lowest BCUT2D eigenvalue weighted by Gasteiger charge is -2.19. The smallest absolute Gasteiger partial charge is 0.250 e. The van der Waals surface area contributed by atoms with Crippen LogP contribution in [0.25, 0.3) is 82.6 Å². The fraction of sp³-hybridized carbons (Fsp3) is 0.0962. The number of para-hydroxylation sites is 4. The van der Waals surface area contributed by atoms with Crippen LogP contribution in [-0.2, 0) is 9.56 Å². The summed E-state index contributed by atoms with van der Waals surface area (Å²) in [6, 6.07) is 63.0. The maximum Gasteiger partial charge on any atom is 0.250 e. The number of rotatable bonds is 8. The van der Waals surface area contributed by atoms with E-state index in [0.717, 1.165) is 49.6 Å². The molecule has 59 heavy (non-hydrogen) atoms. The van der Waals surface area contributed by atoms with Crippen molar-refractivity contribution in [3.63, 3.8) is 0 Å². The summed E-state index contributed by atoms with van der Waals surface area (Å²) in [5, 5.41) is 9.38. The highest BCUT2D eigenvalue weighted by Crippen LogP contribution is 2.54. The molecule has 288 valence electrons. The van der Waals surface area contributed by atoms with Gasteiger partial charge in [-0.1, -0.05) is 110 Å². The molecule has 0 radical (unpaired) electrons. The van der Waals surface area contributed by atoms with Gasteiger partial charge in [0.1, 0.15) is 16.4 Å². The third-order valence-corrected chi connectivity index (χ3v) is 14.4. The molecule has 0 aliphatic carbocycles. The second kappa shape index (κ2) is 15.0. The summed E-state index contributed by atoms with van der Waals surface area (Å²) in [5.74, 6) is 0.837. The molecule has 6 nitrogen and oxygen atoms in total. The van der Waals surface area contributed by atoms with E-state index in [1.807, 2.05) is 45.2 Å². The van der Waals surface area contributed by atoms with Gasteiger partial charge in [-0.25, -0.2) is 4.98 Å². The number of hydrogen-bond donors (Lipinski definition) is 0. The second-order valence-electron chi connectivity index (χ2n) is 14.6. The zero-order valence-corrected chi connectivity index (χ0v) is 34.5. The van der Waals surface area contributed by atoms with Crippen LogP contribution in [0.2, 0.25) is 0 Å². The standard InChI is InChI=1S/C50H38N4O2P.C2H6/c1-3-55-56-57(2,36-15-5-4-6-16-36)37-27-30-50(51-33-37)54-48-28-25-34(52-44-21-11-7-17-38(44)39-18-8-12-22-45(39)52)31-42(48)43-32-35(26-29-49(43)54)53-46-23-13-9-19-40(46)41-20-10-14-24-47(41)53;1-2/h4-33H,3H2,1-2H3;1-2H3/q+1;. The lowest BCUT2D eigenvalue weighted by molar-refractivity contribution is -0.195. The Morgan fingerprint density at radius 3 is 1.29 bits per heavy atom. The van der Waals surface area contributed by atoms with Crippen molar-refractivity contribution in [1.82, 2.24) is 18.7 Å². The van der Waals surface area contributed by atoms with Crippen LogP contribution in [0.15, 0.2) is 182 Å². The van der Waals surface area contributed by atoms with Crippen molar-refractivity contribution >= 4 is 83.5 Å². The van der Waals surface area contributed by atoms with Gasteiger partial charge in [-0.15, -0.1) is 0 Å². The first-order chi connectivity index (χ1) is 29.1. The highest BCUT2D eigenvalue weighted by molar-refractivity contribution is 7.84. The third-order valence-electron chi connectivity index (χ3n) is 11.4. The first-order valence-electron chi connectivity index (χ1n) is 20.4. The molecule has 0 saturated carbocycles. The van der Waals surface area contributed by atoms with E-state index in [1.54, 1.807) is 0 Å². The quantitative estimate of drug-likeness (QED) is 0.0875. The van der Waals surface area contributed by atoms with Gasteiger partial charge in [0.15, 0.2) is 0 Å². The number of fused-ring (bicyclic) bond motifs is 9. The lowest BCUT2D eigenvalue weighted by atomic mass is 10.1. The first-order valence-corrected chi connectivity index (χ1v) is 22.5. The fourth-order valence-electron chi connectivity index (χ4n) is 8.79. The van der Waals surface area contributed by atoms with Crippen molar-refractivity contribution in [2.45, 2.75) is 20.8 Å². The number of hydrogen-bond acceptors (Lipinski definition) is 3. The summed E-state index contributed by atoms with van der Waals surface area (Å²) in [7, 11) is -2.33. The Labute approximate surface area is 343 Å². The predicted molar refractivity (Wildman–Crippen MR) is 250 cm³/mol. The Bertz CT molecular complexity index is 3030. The minimum atomic E-state index is -2.33. The van der Waals surface area contributed by atoms with E-state index in [-0.39, 0.29) is 0 Å². The van der Waals surface area contributed by atoms with Gasteiger partial charge in [0, 0.05) is 43.7 Å². The second-order valence-corrected chi connectivity index (χ2v) is 17.6. The van der Waals surface area contributed by atoms with Gasteiger partial charge < -0.3 is 9.13 Å². The van der Waals surface area contributed by atoms with Gasteiger partial charge >= 0.3 is 0 Å². The third kappa shape index (κ3) is 5.86. The molecule has 7 aromatic carbocycles. The zero-order chi connectivity index (χ0) is 40.1. The van der Waals surface area contributed by atoms with Crippen LogP contribution in [0.1, 0.15) is 20.8 Å².